The highest BCUT2D eigenvalue weighted by atomic mass is 16.3. The van der Waals surface area contributed by atoms with Crippen LogP contribution in [0.3, 0.4) is 0 Å². The molecule has 0 rings (SSSR count). The highest BCUT2D eigenvalue weighted by Gasteiger charge is 2.19. The second-order valence-electron chi connectivity index (χ2n) is 7.49. The Balaban J connectivity index is 3.37. The van der Waals surface area contributed by atoms with Crippen LogP contribution in [-0.2, 0) is 0 Å². The normalized spacial score (nSPS) is 15.8. The van der Waals surface area contributed by atoms with Crippen LogP contribution in [0.25, 0.3) is 0 Å². The van der Waals surface area contributed by atoms with Crippen molar-refractivity contribution < 1.29 is 10.2 Å². The van der Waals surface area contributed by atoms with Crippen molar-refractivity contribution in [2.45, 2.75) is 116 Å². The lowest BCUT2D eigenvalue weighted by atomic mass is 10.00. The van der Waals surface area contributed by atoms with Gasteiger partial charge in [-0.15, -0.1) is 0 Å². The minimum absolute atomic E-state index is 0.0991. The van der Waals surface area contributed by atoms with Gasteiger partial charge in [0.1, 0.15) is 0 Å². The molecule has 3 nitrogen and oxygen atoms in total. The summed E-state index contributed by atoms with van der Waals surface area (Å²) >= 11 is 0. The van der Waals surface area contributed by atoms with Crippen molar-refractivity contribution in [2.75, 3.05) is 14.1 Å². The summed E-state index contributed by atoms with van der Waals surface area (Å²) in [6.07, 6.45) is 15.2. The highest BCUT2D eigenvalue weighted by Crippen LogP contribution is 2.15. The molecule has 0 aliphatic carbocycles. The molecule has 0 amide bonds. The molecule has 23 heavy (non-hydrogen) atoms. The Morgan fingerprint density at radius 2 is 1.17 bits per heavy atom. The Kier molecular flexibility index (Phi) is 15.3. The van der Waals surface area contributed by atoms with E-state index in [1.165, 1.54) is 64.2 Å². The molecule has 0 aliphatic rings. The fraction of sp³-hybridized carbons (Fsp3) is 1.00. The second kappa shape index (κ2) is 15.4. The van der Waals surface area contributed by atoms with E-state index in [2.05, 4.69) is 6.92 Å². The van der Waals surface area contributed by atoms with Gasteiger partial charge < -0.3 is 15.1 Å². The van der Waals surface area contributed by atoms with Gasteiger partial charge in [-0.05, 0) is 27.4 Å². The smallest absolute Gasteiger partial charge is 0.0717 e. The number of hydrogen-bond donors (Lipinski definition) is 2. The van der Waals surface area contributed by atoms with E-state index >= 15 is 0 Å². The largest absolute Gasteiger partial charge is 0.393 e. The van der Waals surface area contributed by atoms with E-state index in [9.17, 15) is 10.2 Å². The molecule has 140 valence electrons. The number of aliphatic hydroxyl groups is 2. The number of rotatable bonds is 16. The Bertz CT molecular complexity index is 246. The third-order valence-corrected chi connectivity index (χ3v) is 5.03. The SMILES string of the molecule is CCCCCCCCCCCCC[C@H](O)C[C@H](O)[C@@H](C)N(C)C. The first-order valence-electron chi connectivity index (χ1n) is 10.0. The van der Waals surface area contributed by atoms with Crippen molar-refractivity contribution >= 4 is 0 Å². The topological polar surface area (TPSA) is 43.7 Å². The maximum absolute atomic E-state index is 10.0. The van der Waals surface area contributed by atoms with Gasteiger partial charge in [-0.25, -0.2) is 0 Å². The second-order valence-corrected chi connectivity index (χ2v) is 7.49. The van der Waals surface area contributed by atoms with Crippen molar-refractivity contribution in [3.8, 4) is 0 Å². The van der Waals surface area contributed by atoms with E-state index in [-0.39, 0.29) is 12.1 Å². The van der Waals surface area contributed by atoms with Gasteiger partial charge in [-0.2, -0.15) is 0 Å². The van der Waals surface area contributed by atoms with Crippen LogP contribution in [0.1, 0.15) is 97.3 Å². The molecule has 0 saturated carbocycles. The van der Waals surface area contributed by atoms with Crippen LogP contribution in [0, 0.1) is 0 Å². The zero-order valence-corrected chi connectivity index (χ0v) is 16.3. The van der Waals surface area contributed by atoms with Crippen LogP contribution >= 0.6 is 0 Å². The van der Waals surface area contributed by atoms with Gasteiger partial charge in [0.2, 0.25) is 0 Å². The van der Waals surface area contributed by atoms with E-state index < -0.39 is 6.10 Å². The van der Waals surface area contributed by atoms with Gasteiger partial charge in [0.15, 0.2) is 0 Å². The molecule has 0 radical (unpaired) electrons. The van der Waals surface area contributed by atoms with Crippen LogP contribution < -0.4 is 0 Å². The predicted molar refractivity (Wildman–Crippen MR) is 101 cm³/mol. The number of likely N-dealkylation sites (N-methyl/N-ethyl adjacent to an activating group) is 1. The molecule has 0 aromatic heterocycles. The standard InChI is InChI=1S/C20H43NO2/c1-5-6-7-8-9-10-11-12-13-14-15-16-19(22)17-20(23)18(2)21(3)4/h18-20,22-23H,5-17H2,1-4H3/t18-,19+,20+/m1/s1. The molecule has 3 heteroatoms. The average molecular weight is 330 g/mol. The Labute approximate surface area is 145 Å². The van der Waals surface area contributed by atoms with Crippen LogP contribution in [0.4, 0.5) is 0 Å². The highest BCUT2D eigenvalue weighted by molar-refractivity contribution is 4.74. The molecule has 2 N–H and O–H groups in total. The summed E-state index contributed by atoms with van der Waals surface area (Å²) in [5.74, 6) is 0. The van der Waals surface area contributed by atoms with Crippen molar-refractivity contribution in [3.63, 3.8) is 0 Å². The number of nitrogens with zero attached hydrogens (tertiary/aromatic N) is 1. The third kappa shape index (κ3) is 14.0. The first-order chi connectivity index (χ1) is 11.0. The van der Waals surface area contributed by atoms with Crippen molar-refractivity contribution in [1.82, 2.24) is 4.90 Å². The summed E-state index contributed by atoms with van der Waals surface area (Å²) in [6, 6.07) is 0.0991. The van der Waals surface area contributed by atoms with Gasteiger partial charge >= 0.3 is 0 Å². The molecule has 3 atom stereocenters. The summed E-state index contributed by atoms with van der Waals surface area (Å²) < 4.78 is 0. The summed E-state index contributed by atoms with van der Waals surface area (Å²) in [6.45, 7) is 4.26. The van der Waals surface area contributed by atoms with Crippen molar-refractivity contribution in [3.05, 3.63) is 0 Å². The predicted octanol–water partition coefficient (Wildman–Crippen LogP) is 4.75. The van der Waals surface area contributed by atoms with E-state index in [0.717, 1.165) is 12.8 Å². The van der Waals surface area contributed by atoms with Crippen LogP contribution in [0.15, 0.2) is 0 Å². The Morgan fingerprint density at radius 1 is 0.739 bits per heavy atom. The monoisotopic (exact) mass is 329 g/mol. The fourth-order valence-electron chi connectivity index (χ4n) is 2.98. The van der Waals surface area contributed by atoms with Gasteiger partial charge in [-0.1, -0.05) is 77.6 Å². The van der Waals surface area contributed by atoms with Gasteiger partial charge in [0.25, 0.3) is 0 Å². The first-order valence-corrected chi connectivity index (χ1v) is 10.0. The molecule has 0 aromatic carbocycles. The minimum atomic E-state index is -0.437. The molecule has 0 fully saturated rings. The molecule has 0 spiro atoms. The Morgan fingerprint density at radius 3 is 1.61 bits per heavy atom. The molecular formula is C20H43NO2. The lowest BCUT2D eigenvalue weighted by molar-refractivity contribution is 0.0304. The quantitative estimate of drug-likeness (QED) is 0.402. The van der Waals surface area contributed by atoms with Crippen molar-refractivity contribution in [1.29, 1.82) is 0 Å². The lowest BCUT2D eigenvalue weighted by Crippen LogP contribution is -2.38. The van der Waals surface area contributed by atoms with Crippen LogP contribution in [0.2, 0.25) is 0 Å². The summed E-state index contributed by atoms with van der Waals surface area (Å²) in [5, 5.41) is 20.0. The maximum Gasteiger partial charge on any atom is 0.0717 e. The zero-order chi connectivity index (χ0) is 17.5. The number of hydrogen-bond acceptors (Lipinski definition) is 3. The van der Waals surface area contributed by atoms with E-state index in [4.69, 9.17) is 0 Å². The van der Waals surface area contributed by atoms with Crippen LogP contribution in [0.5, 0.6) is 0 Å². The molecule has 0 bridgehead atoms. The van der Waals surface area contributed by atoms with Gasteiger partial charge in [0.05, 0.1) is 12.2 Å². The third-order valence-electron chi connectivity index (χ3n) is 5.03. The zero-order valence-electron chi connectivity index (χ0n) is 16.3. The van der Waals surface area contributed by atoms with Crippen LogP contribution in [-0.4, -0.2) is 47.5 Å². The molecule has 0 heterocycles. The van der Waals surface area contributed by atoms with Gasteiger partial charge in [-0.3, -0.25) is 0 Å². The van der Waals surface area contributed by atoms with Gasteiger partial charge in [0, 0.05) is 12.5 Å². The minimum Gasteiger partial charge on any atom is -0.393 e. The average Bonchev–Trinajstić information content (AvgIpc) is 2.51. The summed E-state index contributed by atoms with van der Waals surface area (Å²) in [5.41, 5.74) is 0. The number of unbranched alkanes of at least 4 members (excludes halogenated alkanes) is 10. The Hall–Kier alpha value is -0.120. The molecule has 0 aliphatic heterocycles. The lowest BCUT2D eigenvalue weighted by Gasteiger charge is -2.26. The molecule has 0 aromatic rings. The first kappa shape index (κ1) is 22.9. The maximum atomic E-state index is 10.0. The van der Waals surface area contributed by atoms with E-state index in [1.807, 2.05) is 25.9 Å². The molecular weight excluding hydrogens is 286 g/mol. The fourth-order valence-corrected chi connectivity index (χ4v) is 2.98. The summed E-state index contributed by atoms with van der Waals surface area (Å²) in [4.78, 5) is 2.00. The molecule has 0 unspecified atom stereocenters. The molecule has 0 saturated heterocycles. The number of aliphatic hydroxyl groups excluding tert-OH is 2. The van der Waals surface area contributed by atoms with E-state index in [1.54, 1.807) is 0 Å². The van der Waals surface area contributed by atoms with E-state index in [0.29, 0.717) is 6.42 Å². The summed E-state index contributed by atoms with van der Waals surface area (Å²) in [7, 11) is 3.92. The van der Waals surface area contributed by atoms with Crippen molar-refractivity contribution in [2.24, 2.45) is 0 Å².